The standard InChI is InChI=1S/C15H20N2/c1-4-8-17-9-7-14-6-5-13(10-15(14)17)11-16-12(2)3/h4-7,9-10,12,16H,1,8,11H2,2-3H3. The van der Waals surface area contributed by atoms with Crippen molar-refractivity contribution >= 4 is 10.9 Å². The summed E-state index contributed by atoms with van der Waals surface area (Å²) in [5.74, 6) is 0. The zero-order valence-corrected chi connectivity index (χ0v) is 10.6. The Bertz CT molecular complexity index is 509. The third-order valence-electron chi connectivity index (χ3n) is 2.88. The maximum atomic E-state index is 3.79. The highest BCUT2D eigenvalue weighted by atomic mass is 14.9. The van der Waals surface area contributed by atoms with Gasteiger partial charge in [0.05, 0.1) is 0 Å². The molecule has 0 atom stereocenters. The summed E-state index contributed by atoms with van der Waals surface area (Å²) in [5, 5.41) is 4.73. The summed E-state index contributed by atoms with van der Waals surface area (Å²) in [6.45, 7) is 9.91. The predicted molar refractivity (Wildman–Crippen MR) is 74.1 cm³/mol. The minimum absolute atomic E-state index is 0.519. The van der Waals surface area contributed by atoms with Gasteiger partial charge in [0.15, 0.2) is 0 Å². The minimum atomic E-state index is 0.519. The second-order valence-corrected chi connectivity index (χ2v) is 4.69. The summed E-state index contributed by atoms with van der Waals surface area (Å²) in [4.78, 5) is 0. The summed E-state index contributed by atoms with van der Waals surface area (Å²) < 4.78 is 2.22. The highest BCUT2D eigenvalue weighted by Gasteiger charge is 2.02. The van der Waals surface area contributed by atoms with Gasteiger partial charge >= 0.3 is 0 Å². The van der Waals surface area contributed by atoms with Crippen LogP contribution in [0.3, 0.4) is 0 Å². The van der Waals surface area contributed by atoms with E-state index in [9.17, 15) is 0 Å². The van der Waals surface area contributed by atoms with E-state index in [-0.39, 0.29) is 0 Å². The Hall–Kier alpha value is -1.54. The molecule has 90 valence electrons. The van der Waals surface area contributed by atoms with Crippen molar-refractivity contribution < 1.29 is 0 Å². The molecule has 0 aliphatic carbocycles. The Kier molecular flexibility index (Phi) is 3.64. The Morgan fingerprint density at radius 1 is 1.35 bits per heavy atom. The molecule has 1 aromatic carbocycles. The Morgan fingerprint density at radius 3 is 2.88 bits per heavy atom. The molecule has 1 heterocycles. The number of benzene rings is 1. The first kappa shape index (κ1) is 11.9. The zero-order valence-electron chi connectivity index (χ0n) is 10.6. The molecule has 0 saturated carbocycles. The van der Waals surface area contributed by atoms with Crippen molar-refractivity contribution in [3.8, 4) is 0 Å². The van der Waals surface area contributed by atoms with Crippen molar-refractivity contribution in [3.05, 3.63) is 48.7 Å². The number of hydrogen-bond donors (Lipinski definition) is 1. The van der Waals surface area contributed by atoms with E-state index >= 15 is 0 Å². The molecule has 0 radical (unpaired) electrons. The van der Waals surface area contributed by atoms with E-state index < -0.39 is 0 Å². The van der Waals surface area contributed by atoms with E-state index in [1.807, 2.05) is 6.08 Å². The SMILES string of the molecule is C=CCn1ccc2ccc(CNC(C)C)cc21. The molecule has 0 bridgehead atoms. The van der Waals surface area contributed by atoms with Gasteiger partial charge in [0.2, 0.25) is 0 Å². The van der Waals surface area contributed by atoms with Crippen molar-refractivity contribution in [2.75, 3.05) is 0 Å². The van der Waals surface area contributed by atoms with Gasteiger partial charge < -0.3 is 9.88 Å². The van der Waals surface area contributed by atoms with Crippen molar-refractivity contribution in [1.82, 2.24) is 9.88 Å². The molecule has 2 aromatic rings. The summed E-state index contributed by atoms with van der Waals surface area (Å²) in [6, 6.07) is 9.31. The average Bonchev–Trinajstić information content (AvgIpc) is 2.70. The van der Waals surface area contributed by atoms with Gasteiger partial charge in [-0.15, -0.1) is 6.58 Å². The second-order valence-electron chi connectivity index (χ2n) is 4.69. The van der Waals surface area contributed by atoms with Crippen molar-refractivity contribution in [1.29, 1.82) is 0 Å². The zero-order chi connectivity index (χ0) is 12.3. The number of fused-ring (bicyclic) bond motifs is 1. The van der Waals surface area contributed by atoms with E-state index in [4.69, 9.17) is 0 Å². The minimum Gasteiger partial charge on any atom is -0.344 e. The summed E-state index contributed by atoms with van der Waals surface area (Å²) in [5.41, 5.74) is 2.61. The molecule has 1 aromatic heterocycles. The molecule has 0 saturated heterocycles. The number of allylic oxidation sites excluding steroid dienone is 1. The van der Waals surface area contributed by atoms with Crippen LogP contribution in [-0.4, -0.2) is 10.6 Å². The second kappa shape index (κ2) is 5.19. The highest BCUT2D eigenvalue weighted by molar-refractivity contribution is 5.80. The normalized spacial score (nSPS) is 11.2. The lowest BCUT2D eigenvalue weighted by atomic mass is 10.1. The van der Waals surface area contributed by atoms with E-state index in [0.29, 0.717) is 6.04 Å². The Morgan fingerprint density at radius 2 is 2.18 bits per heavy atom. The van der Waals surface area contributed by atoms with Crippen molar-refractivity contribution in [2.24, 2.45) is 0 Å². The molecule has 0 amide bonds. The fraction of sp³-hybridized carbons (Fsp3) is 0.333. The maximum absolute atomic E-state index is 3.79. The fourth-order valence-electron chi connectivity index (χ4n) is 1.96. The molecule has 0 unspecified atom stereocenters. The highest BCUT2D eigenvalue weighted by Crippen LogP contribution is 2.17. The van der Waals surface area contributed by atoms with Gasteiger partial charge in [-0.25, -0.2) is 0 Å². The molecule has 0 spiro atoms. The molecule has 0 aliphatic heterocycles. The van der Waals surface area contributed by atoms with Crippen LogP contribution in [0, 0.1) is 0 Å². The monoisotopic (exact) mass is 228 g/mol. The summed E-state index contributed by atoms with van der Waals surface area (Å²) in [7, 11) is 0. The van der Waals surface area contributed by atoms with Gasteiger partial charge in [-0.2, -0.15) is 0 Å². The Labute approximate surface area is 103 Å². The summed E-state index contributed by atoms with van der Waals surface area (Å²) >= 11 is 0. The van der Waals surface area contributed by atoms with E-state index in [1.54, 1.807) is 0 Å². The van der Waals surface area contributed by atoms with E-state index in [2.05, 4.69) is 60.8 Å². The number of aromatic nitrogens is 1. The fourth-order valence-corrected chi connectivity index (χ4v) is 1.96. The van der Waals surface area contributed by atoms with Gasteiger partial charge in [0.25, 0.3) is 0 Å². The lowest BCUT2D eigenvalue weighted by molar-refractivity contribution is 0.589. The Balaban J connectivity index is 2.27. The topological polar surface area (TPSA) is 17.0 Å². The van der Waals surface area contributed by atoms with E-state index in [0.717, 1.165) is 13.1 Å². The van der Waals surface area contributed by atoms with Crippen LogP contribution in [-0.2, 0) is 13.1 Å². The molecular formula is C15H20N2. The average molecular weight is 228 g/mol. The summed E-state index contributed by atoms with van der Waals surface area (Å²) in [6.07, 6.45) is 4.05. The van der Waals surface area contributed by atoms with Gasteiger partial charge in [-0.05, 0) is 23.1 Å². The maximum Gasteiger partial charge on any atom is 0.0486 e. The quantitative estimate of drug-likeness (QED) is 0.777. The molecule has 2 rings (SSSR count). The smallest absolute Gasteiger partial charge is 0.0486 e. The van der Waals surface area contributed by atoms with Crippen LogP contribution >= 0.6 is 0 Å². The lowest BCUT2D eigenvalue weighted by Crippen LogP contribution is -2.21. The molecule has 2 nitrogen and oxygen atoms in total. The molecule has 0 fully saturated rings. The van der Waals surface area contributed by atoms with Crippen LogP contribution in [0.2, 0.25) is 0 Å². The number of nitrogens with one attached hydrogen (secondary N) is 1. The third kappa shape index (κ3) is 2.77. The molecule has 2 heteroatoms. The molecule has 0 aliphatic rings. The van der Waals surface area contributed by atoms with Gasteiger partial charge in [-0.1, -0.05) is 32.1 Å². The van der Waals surface area contributed by atoms with Crippen LogP contribution < -0.4 is 5.32 Å². The number of nitrogens with zero attached hydrogens (tertiary/aromatic N) is 1. The van der Waals surface area contributed by atoms with Gasteiger partial charge in [0.1, 0.15) is 0 Å². The van der Waals surface area contributed by atoms with Crippen LogP contribution in [0.1, 0.15) is 19.4 Å². The van der Waals surface area contributed by atoms with Crippen LogP contribution in [0.25, 0.3) is 10.9 Å². The van der Waals surface area contributed by atoms with Crippen LogP contribution in [0.5, 0.6) is 0 Å². The molecular weight excluding hydrogens is 208 g/mol. The molecule has 1 N–H and O–H groups in total. The van der Waals surface area contributed by atoms with Gasteiger partial charge in [0, 0.05) is 30.8 Å². The van der Waals surface area contributed by atoms with E-state index in [1.165, 1.54) is 16.5 Å². The largest absolute Gasteiger partial charge is 0.344 e. The van der Waals surface area contributed by atoms with Crippen LogP contribution in [0.15, 0.2) is 43.1 Å². The number of hydrogen-bond acceptors (Lipinski definition) is 1. The first-order valence-electron chi connectivity index (χ1n) is 6.13. The van der Waals surface area contributed by atoms with Crippen LogP contribution in [0.4, 0.5) is 0 Å². The third-order valence-corrected chi connectivity index (χ3v) is 2.88. The first-order chi connectivity index (χ1) is 8.20. The lowest BCUT2D eigenvalue weighted by Gasteiger charge is -2.09. The van der Waals surface area contributed by atoms with Crippen molar-refractivity contribution in [2.45, 2.75) is 33.0 Å². The first-order valence-corrected chi connectivity index (χ1v) is 6.13. The van der Waals surface area contributed by atoms with Gasteiger partial charge in [-0.3, -0.25) is 0 Å². The number of rotatable bonds is 5. The van der Waals surface area contributed by atoms with Crippen molar-refractivity contribution in [3.63, 3.8) is 0 Å². The predicted octanol–water partition coefficient (Wildman–Crippen LogP) is 3.33. The molecule has 17 heavy (non-hydrogen) atoms.